The highest BCUT2D eigenvalue weighted by molar-refractivity contribution is 7.86. The molecule has 55 heavy (non-hydrogen) atoms. The number of ether oxygens (including phenoxy) is 4. The molecule has 0 saturated heterocycles. The van der Waals surface area contributed by atoms with Gasteiger partial charge in [-0.3, -0.25) is 9.11 Å². The predicted octanol–water partition coefficient (Wildman–Crippen LogP) is 5.86. The van der Waals surface area contributed by atoms with E-state index in [2.05, 4.69) is 29.9 Å². The molecule has 0 radical (unpaired) electrons. The molecule has 0 aliphatic heterocycles. The van der Waals surface area contributed by atoms with Crippen LogP contribution in [0.2, 0.25) is 0 Å². The van der Waals surface area contributed by atoms with Crippen LogP contribution in [0.3, 0.4) is 0 Å². The number of hydrogen-bond acceptors (Lipinski definition) is 15. The lowest BCUT2D eigenvalue weighted by molar-refractivity contribution is 0.359. The van der Waals surface area contributed by atoms with Crippen molar-refractivity contribution in [3.63, 3.8) is 0 Å². The number of methoxy groups -OCH3 is 2. The third-order valence-corrected chi connectivity index (χ3v) is 9.51. The summed E-state index contributed by atoms with van der Waals surface area (Å²) in [6.07, 6.45) is 2.47. The zero-order valence-electron chi connectivity index (χ0n) is 29.4. The quantitative estimate of drug-likeness (QED) is 0.0747. The lowest BCUT2D eigenvalue weighted by Crippen LogP contribution is -2.05. The molecular formula is C36H31N7O10S2. The van der Waals surface area contributed by atoms with Crippen LogP contribution >= 0.6 is 0 Å². The Morgan fingerprint density at radius 3 is 1.47 bits per heavy atom. The molecule has 0 amide bonds. The molecule has 4 aromatic carbocycles. The standard InChI is InChI=1S/C36H31N7O10S2/c1-20-5-14-26(15-6-20)52-35-40-31(38-33(42-35)50-3)24-12-10-22(29(18-24)54(44,45)46)8-9-23-11-13-25(19-30(23)55(47,48)49)32-39-34(51-4)43-36(41-32)53-28-16-7-21(2)17-27(28)37/h5-19H,37H2,1-4H3,(H,44,45,46)(H,47,48,49). The molecule has 2 heterocycles. The van der Waals surface area contributed by atoms with Crippen molar-refractivity contribution >= 4 is 38.1 Å². The van der Waals surface area contributed by atoms with Crippen LogP contribution in [0.4, 0.5) is 5.69 Å². The number of hydrogen-bond donors (Lipinski definition) is 3. The Hall–Kier alpha value is -6.54. The van der Waals surface area contributed by atoms with Crippen LogP contribution in [-0.4, -0.2) is 70.1 Å². The summed E-state index contributed by atoms with van der Waals surface area (Å²) in [7, 11) is -7.12. The number of nitrogen functional groups attached to an aromatic ring is 1. The normalized spacial score (nSPS) is 11.7. The molecule has 17 nitrogen and oxygen atoms in total. The maximum absolute atomic E-state index is 12.6. The van der Waals surface area contributed by atoms with Crippen LogP contribution in [-0.2, 0) is 20.2 Å². The predicted molar refractivity (Wildman–Crippen MR) is 199 cm³/mol. The van der Waals surface area contributed by atoms with Gasteiger partial charge in [-0.15, -0.1) is 9.97 Å². The Balaban J connectivity index is 1.35. The maximum Gasteiger partial charge on any atom is 0.328 e. The summed E-state index contributed by atoms with van der Waals surface area (Å²) in [5.74, 6) is 0.576. The van der Waals surface area contributed by atoms with Crippen LogP contribution in [0, 0.1) is 13.8 Å². The van der Waals surface area contributed by atoms with E-state index in [1.165, 1.54) is 50.6 Å². The minimum absolute atomic E-state index is 0.0375. The highest BCUT2D eigenvalue weighted by Crippen LogP contribution is 2.32. The molecule has 282 valence electrons. The number of aryl methyl sites for hydroxylation is 2. The molecule has 0 spiro atoms. The molecular weight excluding hydrogens is 755 g/mol. The van der Waals surface area contributed by atoms with Crippen molar-refractivity contribution in [3.05, 3.63) is 101 Å². The van der Waals surface area contributed by atoms with Crippen molar-refractivity contribution < 1.29 is 44.9 Å². The summed E-state index contributed by atoms with van der Waals surface area (Å²) in [6, 6.07) is 19.3. The van der Waals surface area contributed by atoms with Crippen LogP contribution in [0.1, 0.15) is 22.3 Å². The van der Waals surface area contributed by atoms with E-state index in [4.69, 9.17) is 24.7 Å². The third-order valence-electron chi connectivity index (χ3n) is 7.69. The summed E-state index contributed by atoms with van der Waals surface area (Å²) in [4.78, 5) is 24.0. The van der Waals surface area contributed by atoms with E-state index < -0.39 is 30.0 Å². The van der Waals surface area contributed by atoms with Gasteiger partial charge in [0.25, 0.3) is 20.2 Å². The molecule has 0 aliphatic rings. The number of nitrogens with two attached hydrogens (primary N) is 1. The van der Waals surface area contributed by atoms with Gasteiger partial charge in [0.05, 0.1) is 19.9 Å². The second kappa shape index (κ2) is 15.4. The number of rotatable bonds is 12. The van der Waals surface area contributed by atoms with Crippen molar-refractivity contribution in [3.8, 4) is 58.3 Å². The summed E-state index contributed by atoms with van der Waals surface area (Å²) in [5.41, 5.74) is 8.45. The fourth-order valence-corrected chi connectivity index (χ4v) is 6.45. The Bertz CT molecular complexity index is 2680. The van der Waals surface area contributed by atoms with Gasteiger partial charge in [-0.2, -0.15) is 36.8 Å². The second-order valence-corrected chi connectivity index (χ2v) is 14.5. The smallest absolute Gasteiger partial charge is 0.328 e. The molecule has 6 aromatic rings. The van der Waals surface area contributed by atoms with Gasteiger partial charge >= 0.3 is 24.0 Å². The monoisotopic (exact) mass is 785 g/mol. The van der Waals surface area contributed by atoms with Crippen molar-refractivity contribution in [2.24, 2.45) is 0 Å². The summed E-state index contributed by atoms with van der Waals surface area (Å²) in [5, 5.41) is 0. The van der Waals surface area contributed by atoms with E-state index >= 15 is 0 Å². The minimum Gasteiger partial charge on any atom is -0.467 e. The SMILES string of the molecule is COc1nc(Oc2ccc(C)cc2)nc(-c2ccc(C=Cc3ccc(-c4nc(OC)nc(Oc5ccc(C)cc5N)n4)cc3S(=O)(=O)O)c(S(=O)(=O)O)c2)n1. The first-order valence-corrected chi connectivity index (χ1v) is 18.8. The van der Waals surface area contributed by atoms with Crippen molar-refractivity contribution in [2.45, 2.75) is 23.6 Å². The van der Waals surface area contributed by atoms with Gasteiger partial charge in [-0.25, -0.2) is 0 Å². The second-order valence-electron chi connectivity index (χ2n) is 11.7. The van der Waals surface area contributed by atoms with Crippen LogP contribution < -0.4 is 24.7 Å². The molecule has 0 atom stereocenters. The number of benzene rings is 4. The number of aromatic nitrogens is 6. The van der Waals surface area contributed by atoms with Gasteiger partial charge in [-0.05, 0) is 66.9 Å². The third kappa shape index (κ3) is 9.16. The van der Waals surface area contributed by atoms with Crippen LogP contribution in [0.25, 0.3) is 34.9 Å². The largest absolute Gasteiger partial charge is 0.467 e. The van der Waals surface area contributed by atoms with Crippen molar-refractivity contribution in [2.75, 3.05) is 20.0 Å². The zero-order chi connectivity index (χ0) is 39.5. The summed E-state index contributed by atoms with van der Waals surface area (Å²) >= 11 is 0. The van der Waals surface area contributed by atoms with Crippen molar-refractivity contribution in [1.82, 2.24) is 29.9 Å². The van der Waals surface area contributed by atoms with E-state index in [0.717, 1.165) is 23.3 Å². The lowest BCUT2D eigenvalue weighted by Gasteiger charge is -2.11. The van der Waals surface area contributed by atoms with Crippen LogP contribution in [0.5, 0.6) is 35.5 Å². The average Bonchev–Trinajstić information content (AvgIpc) is 3.15. The number of nitrogens with zero attached hydrogens (tertiary/aromatic N) is 6. The Morgan fingerprint density at radius 2 is 1.02 bits per heavy atom. The molecule has 0 unspecified atom stereocenters. The van der Waals surface area contributed by atoms with Gasteiger partial charge < -0.3 is 24.7 Å². The maximum atomic E-state index is 12.6. The summed E-state index contributed by atoms with van der Waals surface area (Å²) in [6.45, 7) is 3.77. The molecule has 4 N–H and O–H groups in total. The van der Waals surface area contributed by atoms with Gasteiger partial charge in [0, 0.05) is 11.1 Å². The highest BCUT2D eigenvalue weighted by atomic mass is 32.2. The average molecular weight is 786 g/mol. The fourth-order valence-electron chi connectivity index (χ4n) is 5.03. The first-order valence-electron chi connectivity index (χ1n) is 15.9. The molecule has 0 fully saturated rings. The first kappa shape index (κ1) is 38.2. The van der Waals surface area contributed by atoms with E-state index in [1.807, 2.05) is 26.0 Å². The molecule has 2 aromatic heterocycles. The lowest BCUT2D eigenvalue weighted by atomic mass is 10.1. The topological polar surface area (TPSA) is 249 Å². The fraction of sp³-hybridized carbons (Fsp3) is 0.111. The Labute approximate surface area is 315 Å². The number of anilines is 1. The Kier molecular flexibility index (Phi) is 10.7. The molecule has 19 heteroatoms. The summed E-state index contributed by atoms with van der Waals surface area (Å²) < 4.78 is 92.7. The van der Waals surface area contributed by atoms with Gasteiger partial charge in [-0.1, -0.05) is 60.2 Å². The molecule has 0 bridgehead atoms. The van der Waals surface area contributed by atoms with Gasteiger partial charge in [0.1, 0.15) is 15.5 Å². The minimum atomic E-state index is -4.88. The highest BCUT2D eigenvalue weighted by Gasteiger charge is 2.21. The van der Waals surface area contributed by atoms with E-state index in [0.29, 0.717) is 11.4 Å². The van der Waals surface area contributed by atoms with Crippen molar-refractivity contribution in [1.29, 1.82) is 0 Å². The van der Waals surface area contributed by atoms with E-state index in [-0.39, 0.29) is 63.7 Å². The first-order chi connectivity index (χ1) is 26.1. The van der Waals surface area contributed by atoms with Crippen LogP contribution in [0.15, 0.2) is 88.7 Å². The zero-order valence-corrected chi connectivity index (χ0v) is 31.0. The van der Waals surface area contributed by atoms with Gasteiger partial charge in [0.2, 0.25) is 0 Å². The van der Waals surface area contributed by atoms with E-state index in [9.17, 15) is 25.9 Å². The molecule has 0 aliphatic carbocycles. The molecule has 0 saturated carbocycles. The van der Waals surface area contributed by atoms with Gasteiger partial charge in [0.15, 0.2) is 17.4 Å². The van der Waals surface area contributed by atoms with E-state index in [1.54, 1.807) is 30.3 Å². The molecule has 6 rings (SSSR count). The Morgan fingerprint density at radius 1 is 0.564 bits per heavy atom.